The number of aliphatic carboxylic acids is 1. The van der Waals surface area contributed by atoms with Gasteiger partial charge in [0.1, 0.15) is 23.3 Å². The Hall–Kier alpha value is -3.44. The van der Waals surface area contributed by atoms with Crippen LogP contribution in [0.15, 0.2) is 23.2 Å². The molecule has 2 aromatic rings. The van der Waals surface area contributed by atoms with E-state index >= 15 is 0 Å². The number of carbonyl (C=O) groups excluding carboxylic acids is 1. The highest BCUT2D eigenvalue weighted by Gasteiger charge is 2.35. The largest absolute Gasteiger partial charge is 0.492 e. The van der Waals surface area contributed by atoms with Gasteiger partial charge in [-0.1, -0.05) is 11.6 Å². The first-order valence-corrected chi connectivity index (χ1v) is 11.6. The lowest BCUT2D eigenvalue weighted by Gasteiger charge is -2.12. The van der Waals surface area contributed by atoms with Gasteiger partial charge < -0.3 is 30.5 Å². The zero-order valence-electron chi connectivity index (χ0n) is 19.6. The van der Waals surface area contributed by atoms with E-state index in [-0.39, 0.29) is 18.3 Å². The van der Waals surface area contributed by atoms with Crippen LogP contribution in [0.3, 0.4) is 0 Å². The lowest BCUT2D eigenvalue weighted by molar-refractivity contribution is -0.137. The second-order valence-electron chi connectivity index (χ2n) is 7.76. The molecule has 188 valence electrons. The number of ether oxygens (including phenoxy) is 2. The maximum Gasteiger partial charge on any atom is 0.320 e. The zero-order chi connectivity index (χ0) is 25.2. The molecule has 4 N–H and O–H groups in total. The lowest BCUT2D eigenvalue weighted by Crippen LogP contribution is -2.16. The summed E-state index contributed by atoms with van der Waals surface area (Å²) in [7, 11) is 3.35. The molecule has 1 amide bonds. The summed E-state index contributed by atoms with van der Waals surface area (Å²) < 4.78 is 10.9. The second-order valence-corrected chi connectivity index (χ2v) is 8.17. The number of rotatable bonds is 14. The van der Waals surface area contributed by atoms with Crippen LogP contribution in [0.1, 0.15) is 37.2 Å². The van der Waals surface area contributed by atoms with Crippen molar-refractivity contribution in [2.45, 2.75) is 31.6 Å². The number of carbonyl (C=O) groups is 2. The molecule has 0 saturated carbocycles. The molecule has 1 aromatic heterocycles. The van der Waals surface area contributed by atoms with E-state index in [0.717, 1.165) is 13.0 Å². The van der Waals surface area contributed by atoms with Crippen LogP contribution in [0.5, 0.6) is 11.8 Å². The number of halogens is 1. The standard InChI is InChI=1S/C23H29ClN6O5/c1-25-9-5-10-26-20-19-15(22(33)28-21(19)30-23(29-20)34-2)13-27-14-7-8-16(24)17(12-14)35-11-4-3-6-18(31)32/h7-8,12-13,15,25H,3-6,9-11H2,1-2H3,(H,31,32)(H2,26,28,29,30,33). The topological polar surface area (TPSA) is 147 Å². The van der Waals surface area contributed by atoms with Crippen molar-refractivity contribution >= 4 is 47.0 Å². The fourth-order valence-electron chi connectivity index (χ4n) is 3.41. The maximum absolute atomic E-state index is 12.7. The minimum atomic E-state index is -0.836. The van der Waals surface area contributed by atoms with Gasteiger partial charge in [-0.3, -0.25) is 14.6 Å². The van der Waals surface area contributed by atoms with Gasteiger partial charge in [-0.25, -0.2) is 0 Å². The third-order valence-corrected chi connectivity index (χ3v) is 5.48. The molecule has 35 heavy (non-hydrogen) atoms. The van der Waals surface area contributed by atoms with Crippen LogP contribution >= 0.6 is 11.6 Å². The minimum absolute atomic E-state index is 0.0915. The average Bonchev–Trinajstić information content (AvgIpc) is 3.16. The smallest absolute Gasteiger partial charge is 0.320 e. The van der Waals surface area contributed by atoms with Crippen molar-refractivity contribution < 1.29 is 24.2 Å². The van der Waals surface area contributed by atoms with Crippen LogP contribution in [-0.4, -0.2) is 67.0 Å². The van der Waals surface area contributed by atoms with E-state index in [1.807, 2.05) is 7.05 Å². The number of methoxy groups -OCH3 is 1. The normalized spacial score (nSPS) is 14.6. The van der Waals surface area contributed by atoms with Crippen molar-refractivity contribution in [2.75, 3.05) is 44.5 Å². The molecule has 0 spiro atoms. The highest BCUT2D eigenvalue weighted by molar-refractivity contribution is 6.32. The first kappa shape index (κ1) is 26.2. The van der Waals surface area contributed by atoms with E-state index < -0.39 is 11.9 Å². The fourth-order valence-corrected chi connectivity index (χ4v) is 3.58. The molecule has 1 aromatic carbocycles. The molecule has 1 aliphatic heterocycles. The molecule has 1 unspecified atom stereocenters. The second kappa shape index (κ2) is 12.9. The number of carboxylic acid groups (broad SMARTS) is 1. The van der Waals surface area contributed by atoms with Gasteiger partial charge in [-0.05, 0) is 45.0 Å². The number of carboxylic acids is 1. The number of fused-ring (bicyclic) bond motifs is 1. The Morgan fingerprint density at radius 2 is 2.11 bits per heavy atom. The maximum atomic E-state index is 12.7. The molecular formula is C23H29ClN6O5. The number of aromatic nitrogens is 2. The predicted octanol–water partition coefficient (Wildman–Crippen LogP) is 3.23. The Balaban J connectivity index is 1.75. The summed E-state index contributed by atoms with van der Waals surface area (Å²) >= 11 is 6.22. The lowest BCUT2D eigenvalue weighted by atomic mass is 10.0. The molecular weight excluding hydrogens is 476 g/mol. The van der Waals surface area contributed by atoms with E-state index in [1.54, 1.807) is 18.2 Å². The number of anilines is 2. The average molecular weight is 505 g/mol. The molecule has 0 aliphatic carbocycles. The Kier molecular flexibility index (Phi) is 9.62. The molecule has 3 rings (SSSR count). The first-order chi connectivity index (χ1) is 16.9. The molecule has 12 heteroatoms. The summed E-state index contributed by atoms with van der Waals surface area (Å²) in [4.78, 5) is 36.5. The number of hydrogen-bond donors (Lipinski definition) is 4. The van der Waals surface area contributed by atoms with Gasteiger partial charge in [0.15, 0.2) is 0 Å². The molecule has 11 nitrogen and oxygen atoms in total. The molecule has 0 radical (unpaired) electrons. The van der Waals surface area contributed by atoms with Gasteiger partial charge in [-0.15, -0.1) is 0 Å². The van der Waals surface area contributed by atoms with Crippen molar-refractivity contribution in [3.63, 3.8) is 0 Å². The molecule has 1 aliphatic rings. The Bertz CT molecular complexity index is 1080. The van der Waals surface area contributed by atoms with E-state index in [0.29, 0.717) is 59.7 Å². The van der Waals surface area contributed by atoms with Gasteiger partial charge in [0.2, 0.25) is 5.91 Å². The molecule has 2 heterocycles. The summed E-state index contributed by atoms with van der Waals surface area (Å²) in [5.74, 6) is -0.465. The van der Waals surface area contributed by atoms with Gasteiger partial charge in [0.05, 0.1) is 30.0 Å². The van der Waals surface area contributed by atoms with Crippen LogP contribution in [-0.2, 0) is 9.59 Å². The molecule has 0 fully saturated rings. The molecule has 0 bridgehead atoms. The van der Waals surface area contributed by atoms with Gasteiger partial charge in [0.25, 0.3) is 0 Å². The highest BCUT2D eigenvalue weighted by atomic mass is 35.5. The number of aliphatic imine (C=N–C) groups is 1. The van der Waals surface area contributed by atoms with Gasteiger partial charge in [-0.2, -0.15) is 9.97 Å². The third-order valence-electron chi connectivity index (χ3n) is 5.17. The summed E-state index contributed by atoms with van der Waals surface area (Å²) in [6, 6.07) is 5.20. The first-order valence-electron chi connectivity index (χ1n) is 11.3. The van der Waals surface area contributed by atoms with Crippen LogP contribution in [0, 0.1) is 0 Å². The van der Waals surface area contributed by atoms with E-state index in [9.17, 15) is 9.59 Å². The minimum Gasteiger partial charge on any atom is -0.492 e. The summed E-state index contributed by atoms with van der Waals surface area (Å²) in [6.07, 6.45) is 3.59. The molecule has 0 saturated heterocycles. The van der Waals surface area contributed by atoms with Crippen LogP contribution in [0.4, 0.5) is 17.3 Å². The fraction of sp³-hybridized carbons (Fsp3) is 0.435. The van der Waals surface area contributed by atoms with Crippen LogP contribution in [0.2, 0.25) is 5.02 Å². The zero-order valence-corrected chi connectivity index (χ0v) is 20.4. The summed E-state index contributed by atoms with van der Waals surface area (Å²) in [5.41, 5.74) is 1.15. The van der Waals surface area contributed by atoms with Crippen LogP contribution < -0.4 is 25.4 Å². The van der Waals surface area contributed by atoms with Gasteiger partial charge >= 0.3 is 12.0 Å². The van der Waals surface area contributed by atoms with Crippen molar-refractivity contribution in [1.29, 1.82) is 0 Å². The number of unbranched alkanes of at least 4 members (excludes halogenated alkanes) is 1. The highest BCUT2D eigenvalue weighted by Crippen LogP contribution is 2.37. The summed E-state index contributed by atoms with van der Waals surface area (Å²) in [6.45, 7) is 1.82. The Morgan fingerprint density at radius 3 is 2.86 bits per heavy atom. The van der Waals surface area contributed by atoms with Crippen molar-refractivity contribution in [3.8, 4) is 11.8 Å². The Morgan fingerprint density at radius 1 is 1.29 bits per heavy atom. The SMILES string of the molecule is CNCCCNc1nc(OC)nc2c1C(C=Nc1ccc(Cl)c(OCCCCC(=O)O)c1)C(=O)N2. The number of hydrogen-bond acceptors (Lipinski definition) is 9. The van der Waals surface area contributed by atoms with E-state index in [4.69, 9.17) is 26.2 Å². The van der Waals surface area contributed by atoms with Gasteiger partial charge in [0, 0.05) is 25.2 Å². The van der Waals surface area contributed by atoms with Crippen LogP contribution in [0.25, 0.3) is 0 Å². The number of nitrogens with zero attached hydrogens (tertiary/aromatic N) is 3. The van der Waals surface area contributed by atoms with Crippen molar-refractivity contribution in [3.05, 3.63) is 28.8 Å². The van der Waals surface area contributed by atoms with Crippen molar-refractivity contribution in [1.82, 2.24) is 15.3 Å². The number of nitrogens with one attached hydrogen (secondary N) is 3. The van der Waals surface area contributed by atoms with E-state index in [2.05, 4.69) is 30.9 Å². The van der Waals surface area contributed by atoms with Crippen molar-refractivity contribution in [2.24, 2.45) is 4.99 Å². The number of benzene rings is 1. The Labute approximate surface area is 208 Å². The summed E-state index contributed by atoms with van der Waals surface area (Å²) in [5, 5.41) is 18.3. The number of amides is 1. The third kappa shape index (κ3) is 7.27. The molecule has 1 atom stereocenters. The predicted molar refractivity (Wildman–Crippen MR) is 134 cm³/mol. The van der Waals surface area contributed by atoms with E-state index in [1.165, 1.54) is 13.3 Å². The quantitative estimate of drug-likeness (QED) is 0.225. The monoisotopic (exact) mass is 504 g/mol.